The van der Waals surface area contributed by atoms with Gasteiger partial charge in [-0.15, -0.1) is 23.1 Å². The first-order valence-corrected chi connectivity index (χ1v) is 10.3. The Morgan fingerprint density at radius 1 is 1.30 bits per heavy atom. The molecule has 0 aliphatic carbocycles. The third kappa shape index (κ3) is 5.18. The van der Waals surface area contributed by atoms with E-state index in [1.54, 1.807) is 31.3 Å². The minimum Gasteiger partial charge on any atom is -0.497 e. The highest BCUT2D eigenvalue weighted by Gasteiger charge is 2.20. The third-order valence-corrected chi connectivity index (χ3v) is 6.20. The lowest BCUT2D eigenvalue weighted by molar-refractivity contribution is -0.119. The molecule has 0 saturated heterocycles. The number of carbonyl (C=O) groups is 1. The van der Waals surface area contributed by atoms with Gasteiger partial charge in [0.1, 0.15) is 22.6 Å². The Bertz CT molecular complexity index is 890. The van der Waals surface area contributed by atoms with E-state index in [1.807, 2.05) is 31.2 Å². The summed E-state index contributed by atoms with van der Waals surface area (Å²) in [4.78, 5) is 21.0. The van der Waals surface area contributed by atoms with Crippen LogP contribution in [0.5, 0.6) is 5.75 Å². The van der Waals surface area contributed by atoms with E-state index in [4.69, 9.17) is 14.9 Å². The van der Waals surface area contributed by atoms with Crippen LogP contribution < -0.4 is 10.5 Å². The van der Waals surface area contributed by atoms with E-state index in [9.17, 15) is 4.79 Å². The molecule has 0 saturated carbocycles. The number of thioether (sulfide) groups is 1. The van der Waals surface area contributed by atoms with Gasteiger partial charge in [-0.2, -0.15) is 0 Å². The average Bonchev–Trinajstić information content (AvgIpc) is 3.35. The van der Waals surface area contributed by atoms with Crippen LogP contribution in [0.3, 0.4) is 0 Å². The molecule has 27 heavy (non-hydrogen) atoms. The predicted octanol–water partition coefficient (Wildman–Crippen LogP) is 3.81. The Balaban J connectivity index is 1.56. The maximum Gasteiger partial charge on any atom is 0.204 e. The van der Waals surface area contributed by atoms with Crippen molar-refractivity contribution < 1.29 is 13.9 Å². The zero-order valence-corrected chi connectivity index (χ0v) is 16.8. The van der Waals surface area contributed by atoms with E-state index in [0.717, 1.165) is 27.7 Å². The van der Waals surface area contributed by atoms with Crippen LogP contribution in [0, 0.1) is 0 Å². The number of aryl methyl sites for hydroxylation is 1. The van der Waals surface area contributed by atoms with Crippen LogP contribution in [0.4, 0.5) is 0 Å². The van der Waals surface area contributed by atoms with Crippen molar-refractivity contribution in [3.05, 3.63) is 58.9 Å². The number of methoxy groups -OCH3 is 1. The number of hydrogen-bond acceptors (Lipinski definition) is 8. The largest absolute Gasteiger partial charge is 0.497 e. The van der Waals surface area contributed by atoms with Crippen molar-refractivity contribution in [1.29, 1.82) is 0 Å². The van der Waals surface area contributed by atoms with Gasteiger partial charge < -0.3 is 14.9 Å². The van der Waals surface area contributed by atoms with E-state index < -0.39 is 6.04 Å². The van der Waals surface area contributed by atoms with Gasteiger partial charge in [0.15, 0.2) is 5.78 Å². The maximum absolute atomic E-state index is 12.5. The van der Waals surface area contributed by atoms with Crippen LogP contribution in [-0.2, 0) is 23.4 Å². The number of rotatable bonds is 9. The number of nitrogens with zero attached hydrogens (tertiary/aromatic N) is 2. The zero-order chi connectivity index (χ0) is 19.2. The van der Waals surface area contributed by atoms with Crippen molar-refractivity contribution in [2.24, 2.45) is 5.73 Å². The SMILES string of the molecule is CCc1cnc(CSc2cnc(C(N)C(=O)Cc3ccc(OC)cc3)s2)o1. The minimum atomic E-state index is -0.722. The molecule has 3 rings (SSSR count). The molecule has 0 aliphatic rings. The number of Topliss-reactive ketones (excluding diaryl/α,β-unsaturated/α-hetero) is 1. The van der Waals surface area contributed by atoms with Crippen molar-refractivity contribution in [1.82, 2.24) is 9.97 Å². The molecule has 2 aromatic heterocycles. The van der Waals surface area contributed by atoms with Gasteiger partial charge in [-0.05, 0) is 17.7 Å². The third-order valence-electron chi connectivity index (χ3n) is 3.94. The summed E-state index contributed by atoms with van der Waals surface area (Å²) in [5.41, 5.74) is 7.02. The summed E-state index contributed by atoms with van der Waals surface area (Å²) < 4.78 is 11.7. The first-order valence-electron chi connectivity index (χ1n) is 8.52. The number of carbonyl (C=O) groups excluding carboxylic acids is 1. The highest BCUT2D eigenvalue weighted by atomic mass is 32.2. The standard InChI is InChI=1S/C19H21N3O3S2/c1-3-13-9-21-16(25-13)11-26-17-10-22-19(27-17)18(20)15(23)8-12-4-6-14(24-2)7-5-12/h4-7,9-10,18H,3,8,11,20H2,1-2H3. The topological polar surface area (TPSA) is 91.2 Å². The first-order chi connectivity index (χ1) is 13.1. The molecule has 0 radical (unpaired) electrons. The van der Waals surface area contributed by atoms with Crippen LogP contribution in [-0.4, -0.2) is 22.9 Å². The molecule has 2 N–H and O–H groups in total. The number of thiazole rings is 1. The van der Waals surface area contributed by atoms with E-state index in [0.29, 0.717) is 16.7 Å². The van der Waals surface area contributed by atoms with Crippen LogP contribution in [0.1, 0.15) is 35.2 Å². The zero-order valence-electron chi connectivity index (χ0n) is 15.2. The van der Waals surface area contributed by atoms with Crippen molar-refractivity contribution in [3.8, 4) is 5.75 Å². The smallest absolute Gasteiger partial charge is 0.204 e. The number of nitrogens with two attached hydrogens (primary N) is 1. The Hall–Kier alpha value is -2.16. The fourth-order valence-electron chi connectivity index (χ4n) is 2.39. The summed E-state index contributed by atoms with van der Waals surface area (Å²) in [5.74, 6) is 2.88. The number of ketones is 1. The summed E-state index contributed by atoms with van der Waals surface area (Å²) in [7, 11) is 1.61. The number of ether oxygens (including phenoxy) is 1. The van der Waals surface area contributed by atoms with Crippen LogP contribution in [0.2, 0.25) is 0 Å². The Labute approximate surface area is 166 Å². The normalized spacial score (nSPS) is 12.1. The fraction of sp³-hybridized carbons (Fsp3) is 0.316. The molecule has 2 heterocycles. The molecule has 1 atom stereocenters. The molecular weight excluding hydrogens is 382 g/mol. The van der Waals surface area contributed by atoms with E-state index in [1.165, 1.54) is 11.3 Å². The van der Waals surface area contributed by atoms with Crippen molar-refractivity contribution in [2.75, 3.05) is 7.11 Å². The summed E-state index contributed by atoms with van der Waals surface area (Å²) in [6, 6.07) is 6.68. The lowest BCUT2D eigenvalue weighted by atomic mass is 10.0. The summed E-state index contributed by atoms with van der Waals surface area (Å²) in [6.45, 7) is 2.03. The molecule has 1 aromatic carbocycles. The second-order valence-electron chi connectivity index (χ2n) is 5.85. The number of oxazole rings is 1. The van der Waals surface area contributed by atoms with Gasteiger partial charge >= 0.3 is 0 Å². The highest BCUT2D eigenvalue weighted by molar-refractivity contribution is 8.00. The molecule has 3 aromatic rings. The first kappa shape index (κ1) is 19.6. The Morgan fingerprint density at radius 2 is 2.07 bits per heavy atom. The lowest BCUT2D eigenvalue weighted by Crippen LogP contribution is -2.22. The van der Waals surface area contributed by atoms with Crippen molar-refractivity contribution in [3.63, 3.8) is 0 Å². The molecule has 0 fully saturated rings. The van der Waals surface area contributed by atoms with E-state index >= 15 is 0 Å². The molecule has 8 heteroatoms. The van der Waals surface area contributed by atoms with Crippen LogP contribution in [0.25, 0.3) is 0 Å². The van der Waals surface area contributed by atoms with Gasteiger partial charge in [-0.1, -0.05) is 19.1 Å². The molecule has 0 spiro atoms. The number of hydrogen-bond donors (Lipinski definition) is 1. The predicted molar refractivity (Wildman–Crippen MR) is 106 cm³/mol. The Kier molecular flexibility index (Phi) is 6.65. The van der Waals surface area contributed by atoms with Gasteiger partial charge in [0.2, 0.25) is 5.89 Å². The second kappa shape index (κ2) is 9.16. The van der Waals surface area contributed by atoms with Gasteiger partial charge in [-0.25, -0.2) is 9.97 Å². The van der Waals surface area contributed by atoms with E-state index in [-0.39, 0.29) is 12.2 Å². The van der Waals surface area contributed by atoms with E-state index in [2.05, 4.69) is 9.97 Å². The van der Waals surface area contributed by atoms with Gasteiger partial charge in [-0.3, -0.25) is 4.79 Å². The average molecular weight is 404 g/mol. The van der Waals surface area contributed by atoms with Crippen LogP contribution >= 0.6 is 23.1 Å². The molecular formula is C19H21N3O3S2. The monoisotopic (exact) mass is 403 g/mol. The minimum absolute atomic E-state index is 0.0636. The summed E-state index contributed by atoms with van der Waals surface area (Å²) in [6.07, 6.45) is 4.59. The highest BCUT2D eigenvalue weighted by Crippen LogP contribution is 2.30. The number of aromatic nitrogens is 2. The lowest BCUT2D eigenvalue weighted by Gasteiger charge is -2.08. The molecule has 0 amide bonds. The van der Waals surface area contributed by atoms with Crippen molar-refractivity contribution in [2.45, 2.75) is 35.8 Å². The maximum atomic E-state index is 12.5. The number of benzene rings is 1. The molecule has 0 bridgehead atoms. The second-order valence-corrected chi connectivity index (χ2v) is 8.19. The summed E-state index contributed by atoms with van der Waals surface area (Å²) >= 11 is 3.01. The van der Waals surface area contributed by atoms with Gasteiger partial charge in [0.05, 0.1) is 29.5 Å². The van der Waals surface area contributed by atoms with Crippen LogP contribution in [0.15, 0.2) is 45.3 Å². The summed E-state index contributed by atoms with van der Waals surface area (Å²) in [5, 5.41) is 0.623. The quantitative estimate of drug-likeness (QED) is 0.543. The van der Waals surface area contributed by atoms with Crippen molar-refractivity contribution >= 4 is 28.9 Å². The molecule has 142 valence electrons. The Morgan fingerprint density at radius 3 is 2.74 bits per heavy atom. The molecule has 1 unspecified atom stereocenters. The molecule has 6 nitrogen and oxygen atoms in total. The fourth-order valence-corrected chi connectivity index (χ4v) is 4.26. The molecule has 0 aliphatic heterocycles. The van der Waals surface area contributed by atoms with Gasteiger partial charge in [0.25, 0.3) is 0 Å². The van der Waals surface area contributed by atoms with Gasteiger partial charge in [0, 0.05) is 12.8 Å².